The maximum atomic E-state index is 13.4. The number of pyridine rings is 1. The summed E-state index contributed by atoms with van der Waals surface area (Å²) in [6.07, 6.45) is 3.53. The number of carbonyl (C=O) groups excluding carboxylic acids is 1. The van der Waals surface area contributed by atoms with Gasteiger partial charge in [0.1, 0.15) is 5.82 Å². The van der Waals surface area contributed by atoms with Gasteiger partial charge < -0.3 is 0 Å². The van der Waals surface area contributed by atoms with E-state index >= 15 is 0 Å². The first-order valence-electron chi connectivity index (χ1n) is 13.3. The molecule has 1 amide bonds. The number of alkyl halides is 3. The second-order valence-corrected chi connectivity index (χ2v) is 10.1. The summed E-state index contributed by atoms with van der Waals surface area (Å²) in [6.45, 7) is 1.96. The summed E-state index contributed by atoms with van der Waals surface area (Å²) in [5, 5.41) is 4.32. The van der Waals surface area contributed by atoms with Crippen LogP contribution < -0.4 is 10.5 Å². The maximum absolute atomic E-state index is 13.4. The SMILES string of the molecule is Cc1cccc(F)c1.O=C1CCCCN1c1cc(C2CCCCC2)c(=O)n(Cc2ncccc2C(F)(F)F)n1. The first-order valence-corrected chi connectivity index (χ1v) is 13.3. The molecular weight excluding hydrogens is 512 g/mol. The zero-order chi connectivity index (χ0) is 28.0. The Morgan fingerprint density at radius 3 is 2.38 bits per heavy atom. The molecule has 1 saturated carbocycles. The number of aryl methyl sites for hydroxylation is 1. The number of amides is 1. The topological polar surface area (TPSA) is 68.1 Å². The minimum Gasteiger partial charge on any atom is -0.295 e. The van der Waals surface area contributed by atoms with Crippen LogP contribution in [-0.4, -0.2) is 27.2 Å². The molecule has 0 radical (unpaired) electrons. The number of hydrogen-bond donors (Lipinski definition) is 0. The number of benzene rings is 1. The van der Waals surface area contributed by atoms with Gasteiger partial charge in [0, 0.05) is 24.7 Å². The van der Waals surface area contributed by atoms with Crippen LogP contribution >= 0.6 is 0 Å². The fraction of sp³-hybridized carbons (Fsp3) is 0.448. The lowest BCUT2D eigenvalue weighted by atomic mass is 9.84. The summed E-state index contributed by atoms with van der Waals surface area (Å²) in [6, 6.07) is 10.4. The number of rotatable bonds is 4. The Labute approximate surface area is 224 Å². The van der Waals surface area contributed by atoms with Crippen LogP contribution in [0.3, 0.4) is 0 Å². The van der Waals surface area contributed by atoms with Crippen molar-refractivity contribution in [1.29, 1.82) is 0 Å². The van der Waals surface area contributed by atoms with Crippen LogP contribution in [0.4, 0.5) is 23.4 Å². The van der Waals surface area contributed by atoms with Crippen LogP contribution in [0.1, 0.15) is 79.7 Å². The third kappa shape index (κ3) is 7.30. The molecule has 0 spiro atoms. The van der Waals surface area contributed by atoms with Crippen molar-refractivity contribution in [2.45, 2.75) is 76.9 Å². The molecule has 0 N–H and O–H groups in total. The first-order chi connectivity index (χ1) is 18.6. The van der Waals surface area contributed by atoms with Crippen molar-refractivity contribution in [3.05, 3.63) is 87.2 Å². The highest BCUT2D eigenvalue weighted by Crippen LogP contribution is 2.33. The zero-order valence-electron chi connectivity index (χ0n) is 21.9. The van der Waals surface area contributed by atoms with Crippen LogP contribution in [0.15, 0.2) is 53.5 Å². The first kappa shape index (κ1) is 28.4. The monoisotopic (exact) mass is 544 g/mol. The highest BCUT2D eigenvalue weighted by atomic mass is 19.4. The number of carbonyl (C=O) groups is 1. The Bertz CT molecular complexity index is 1330. The maximum Gasteiger partial charge on any atom is 0.418 e. The average molecular weight is 545 g/mol. The number of nitrogens with zero attached hydrogens (tertiary/aromatic N) is 4. The third-order valence-corrected chi connectivity index (χ3v) is 7.11. The van der Waals surface area contributed by atoms with Crippen molar-refractivity contribution >= 4 is 11.7 Å². The molecule has 0 bridgehead atoms. The van der Waals surface area contributed by atoms with Crippen LogP contribution in [0.2, 0.25) is 0 Å². The van der Waals surface area contributed by atoms with E-state index in [0.29, 0.717) is 24.3 Å². The van der Waals surface area contributed by atoms with Gasteiger partial charge in [0.15, 0.2) is 5.82 Å². The molecule has 6 nitrogen and oxygen atoms in total. The molecule has 3 aromatic rings. The standard InChI is InChI=1S/C22H25F3N4O2.C7H7F/c23-22(24,25)17-9-6-11-26-18(17)14-29-21(31)16(15-7-2-1-3-8-15)13-19(27-29)28-12-5-4-10-20(28)30;1-6-3-2-4-7(8)5-6/h6,9,11,13,15H,1-5,7-8,10,12,14H2;2-5H,1H3. The largest absolute Gasteiger partial charge is 0.418 e. The predicted molar refractivity (Wildman–Crippen MR) is 140 cm³/mol. The highest BCUT2D eigenvalue weighted by molar-refractivity contribution is 5.93. The van der Waals surface area contributed by atoms with Crippen LogP contribution in [0.25, 0.3) is 0 Å². The Hall–Kier alpha value is -3.56. The molecule has 2 fully saturated rings. The lowest BCUT2D eigenvalue weighted by Crippen LogP contribution is -2.39. The van der Waals surface area contributed by atoms with Crippen LogP contribution in [0.5, 0.6) is 0 Å². The van der Waals surface area contributed by atoms with Crippen LogP contribution in [-0.2, 0) is 17.5 Å². The molecule has 5 rings (SSSR count). The Morgan fingerprint density at radius 1 is 0.974 bits per heavy atom. The van der Waals surface area contributed by atoms with Crippen molar-refractivity contribution in [2.75, 3.05) is 11.4 Å². The number of aromatic nitrogens is 3. The van der Waals surface area contributed by atoms with Gasteiger partial charge in [0.05, 0.1) is 17.8 Å². The normalized spacial score (nSPS) is 16.5. The molecule has 0 unspecified atom stereocenters. The van der Waals surface area contributed by atoms with E-state index in [9.17, 15) is 27.2 Å². The van der Waals surface area contributed by atoms with E-state index < -0.39 is 23.8 Å². The van der Waals surface area contributed by atoms with E-state index in [0.717, 1.165) is 61.3 Å². The summed E-state index contributed by atoms with van der Waals surface area (Å²) in [4.78, 5) is 31.1. The van der Waals surface area contributed by atoms with Gasteiger partial charge in [-0.05, 0) is 74.4 Å². The molecular formula is C29H32F4N4O2. The Kier molecular flexibility index (Phi) is 9.14. The summed E-state index contributed by atoms with van der Waals surface area (Å²) in [5.74, 6) is 0.131. The number of anilines is 1. The van der Waals surface area contributed by atoms with E-state index in [1.165, 1.54) is 24.4 Å². The third-order valence-electron chi connectivity index (χ3n) is 7.11. The number of halogens is 4. The van der Waals surface area contributed by atoms with Crippen molar-refractivity contribution in [1.82, 2.24) is 14.8 Å². The lowest BCUT2D eigenvalue weighted by Gasteiger charge is -2.28. The molecule has 39 heavy (non-hydrogen) atoms. The van der Waals surface area contributed by atoms with Gasteiger partial charge in [-0.15, -0.1) is 0 Å². The predicted octanol–water partition coefficient (Wildman–Crippen LogP) is 6.40. The molecule has 3 heterocycles. The number of hydrogen-bond acceptors (Lipinski definition) is 4. The van der Waals surface area contributed by atoms with Gasteiger partial charge in [-0.2, -0.15) is 18.3 Å². The van der Waals surface area contributed by atoms with E-state index in [2.05, 4.69) is 10.1 Å². The number of piperidine rings is 1. The van der Waals surface area contributed by atoms with Gasteiger partial charge >= 0.3 is 6.18 Å². The fourth-order valence-electron chi connectivity index (χ4n) is 5.11. The van der Waals surface area contributed by atoms with Gasteiger partial charge in [0.2, 0.25) is 5.91 Å². The van der Waals surface area contributed by atoms with E-state index in [-0.39, 0.29) is 23.3 Å². The molecule has 208 valence electrons. The van der Waals surface area contributed by atoms with Gasteiger partial charge in [-0.3, -0.25) is 19.5 Å². The Morgan fingerprint density at radius 2 is 1.74 bits per heavy atom. The van der Waals surface area contributed by atoms with Gasteiger partial charge in [-0.1, -0.05) is 31.4 Å². The molecule has 2 aromatic heterocycles. The average Bonchev–Trinajstić information content (AvgIpc) is 2.91. The second-order valence-electron chi connectivity index (χ2n) is 10.1. The highest BCUT2D eigenvalue weighted by Gasteiger charge is 2.34. The molecule has 1 saturated heterocycles. The fourth-order valence-corrected chi connectivity index (χ4v) is 5.11. The summed E-state index contributed by atoms with van der Waals surface area (Å²) < 4.78 is 53.5. The minimum atomic E-state index is -4.58. The van der Waals surface area contributed by atoms with Crippen molar-refractivity contribution < 1.29 is 22.4 Å². The molecule has 1 aliphatic carbocycles. The van der Waals surface area contributed by atoms with Crippen molar-refractivity contribution in [2.24, 2.45) is 0 Å². The van der Waals surface area contributed by atoms with Crippen molar-refractivity contribution in [3.8, 4) is 0 Å². The minimum absolute atomic E-state index is 0.0277. The summed E-state index contributed by atoms with van der Waals surface area (Å²) >= 11 is 0. The van der Waals surface area contributed by atoms with Gasteiger partial charge in [-0.25, -0.2) is 9.07 Å². The lowest BCUT2D eigenvalue weighted by molar-refractivity contribution is -0.138. The zero-order valence-corrected chi connectivity index (χ0v) is 21.9. The van der Waals surface area contributed by atoms with E-state index in [1.807, 2.05) is 13.0 Å². The molecule has 1 aliphatic heterocycles. The summed E-state index contributed by atoms with van der Waals surface area (Å²) in [5.41, 5.74) is -0.0554. The molecule has 10 heteroatoms. The Balaban J connectivity index is 0.000000379. The quantitative estimate of drug-likeness (QED) is 0.356. The smallest absolute Gasteiger partial charge is 0.295 e. The van der Waals surface area contributed by atoms with Gasteiger partial charge in [0.25, 0.3) is 5.56 Å². The van der Waals surface area contributed by atoms with E-state index in [1.54, 1.807) is 17.0 Å². The van der Waals surface area contributed by atoms with Crippen molar-refractivity contribution in [3.63, 3.8) is 0 Å². The molecule has 1 aromatic carbocycles. The van der Waals surface area contributed by atoms with E-state index in [4.69, 9.17) is 0 Å². The second kappa shape index (κ2) is 12.5. The van der Waals surface area contributed by atoms with Crippen LogP contribution in [0, 0.1) is 12.7 Å². The molecule has 2 aliphatic rings. The summed E-state index contributed by atoms with van der Waals surface area (Å²) in [7, 11) is 0. The molecule has 0 atom stereocenters.